The molecule has 0 atom stereocenters. The zero-order chi connectivity index (χ0) is 13.1. The summed E-state index contributed by atoms with van der Waals surface area (Å²) in [5, 5.41) is 0. The molecule has 0 unspecified atom stereocenters. The smallest absolute Gasteiger partial charge is 0.142 e. The zero-order valence-corrected chi connectivity index (χ0v) is 11.2. The lowest BCUT2D eigenvalue weighted by Crippen LogP contribution is -2.33. The van der Waals surface area contributed by atoms with Gasteiger partial charge < -0.3 is 14.2 Å². The van der Waals surface area contributed by atoms with E-state index in [1.807, 2.05) is 18.7 Å². The number of ether oxygens (including phenoxy) is 1. The topological polar surface area (TPSA) is 30.3 Å². The predicted molar refractivity (Wildman–Crippen MR) is 75.7 cm³/mol. The average molecular weight is 257 g/mol. The van der Waals surface area contributed by atoms with Crippen molar-refractivity contribution in [3.8, 4) is 5.75 Å². The molecule has 0 N–H and O–H groups in total. The van der Waals surface area contributed by atoms with Gasteiger partial charge in [0.1, 0.15) is 12.4 Å². The van der Waals surface area contributed by atoms with Crippen LogP contribution in [0, 0.1) is 6.92 Å². The highest BCUT2D eigenvalue weighted by Crippen LogP contribution is 2.32. The van der Waals surface area contributed by atoms with E-state index < -0.39 is 0 Å². The Morgan fingerprint density at radius 2 is 2.26 bits per heavy atom. The molecule has 0 bridgehead atoms. The van der Waals surface area contributed by atoms with Crippen LogP contribution in [0.4, 0.5) is 5.69 Å². The van der Waals surface area contributed by atoms with Crippen molar-refractivity contribution in [1.82, 2.24) is 9.55 Å². The molecule has 0 aliphatic carbocycles. The molecular formula is C15H19N3O. The van der Waals surface area contributed by atoms with Crippen LogP contribution in [-0.4, -0.2) is 29.2 Å². The molecule has 3 rings (SSSR count). The van der Waals surface area contributed by atoms with E-state index in [4.69, 9.17) is 4.74 Å². The van der Waals surface area contributed by atoms with E-state index in [0.717, 1.165) is 38.4 Å². The monoisotopic (exact) mass is 257 g/mol. The molecule has 1 aromatic heterocycles. The van der Waals surface area contributed by atoms with Crippen molar-refractivity contribution >= 4 is 5.69 Å². The summed E-state index contributed by atoms with van der Waals surface area (Å²) in [5.74, 6) is 1.02. The first-order valence-electron chi connectivity index (χ1n) is 6.77. The summed E-state index contributed by atoms with van der Waals surface area (Å²) in [6.45, 7) is 5.92. The van der Waals surface area contributed by atoms with Gasteiger partial charge in [-0.1, -0.05) is 6.07 Å². The molecule has 1 aromatic carbocycles. The largest absolute Gasteiger partial charge is 0.490 e. The summed E-state index contributed by atoms with van der Waals surface area (Å²) in [5.41, 5.74) is 2.47. The fourth-order valence-electron chi connectivity index (χ4n) is 2.48. The molecule has 0 spiro atoms. The van der Waals surface area contributed by atoms with Crippen LogP contribution in [0.2, 0.25) is 0 Å². The molecule has 19 heavy (non-hydrogen) atoms. The van der Waals surface area contributed by atoms with Crippen molar-refractivity contribution in [1.29, 1.82) is 0 Å². The Labute approximate surface area is 113 Å². The molecule has 0 saturated carbocycles. The van der Waals surface area contributed by atoms with Gasteiger partial charge in [-0.05, 0) is 31.0 Å². The van der Waals surface area contributed by atoms with Crippen LogP contribution in [-0.2, 0) is 6.54 Å². The van der Waals surface area contributed by atoms with Gasteiger partial charge in [0.25, 0.3) is 0 Å². The second-order valence-electron chi connectivity index (χ2n) is 4.96. The van der Waals surface area contributed by atoms with E-state index in [0.29, 0.717) is 0 Å². The lowest BCUT2D eigenvalue weighted by Gasteiger charge is -2.31. The Balaban J connectivity index is 1.63. The number of benzene rings is 1. The number of anilines is 1. The van der Waals surface area contributed by atoms with E-state index in [-0.39, 0.29) is 0 Å². The van der Waals surface area contributed by atoms with Gasteiger partial charge >= 0.3 is 0 Å². The van der Waals surface area contributed by atoms with E-state index in [1.165, 1.54) is 11.3 Å². The maximum absolute atomic E-state index is 5.73. The number of rotatable bonds is 4. The maximum atomic E-state index is 5.73. The summed E-state index contributed by atoms with van der Waals surface area (Å²) in [6.07, 6.45) is 6.82. The van der Waals surface area contributed by atoms with Gasteiger partial charge in [0.15, 0.2) is 0 Å². The lowest BCUT2D eigenvalue weighted by molar-refractivity contribution is 0.306. The van der Waals surface area contributed by atoms with Gasteiger partial charge in [-0.25, -0.2) is 4.98 Å². The van der Waals surface area contributed by atoms with Crippen LogP contribution in [0.15, 0.2) is 36.9 Å². The van der Waals surface area contributed by atoms with E-state index >= 15 is 0 Å². The minimum atomic E-state index is 0.779. The van der Waals surface area contributed by atoms with Crippen molar-refractivity contribution in [2.75, 3.05) is 24.6 Å². The Bertz CT molecular complexity index is 536. The Morgan fingerprint density at radius 1 is 1.32 bits per heavy atom. The summed E-state index contributed by atoms with van der Waals surface area (Å²) in [7, 11) is 0. The van der Waals surface area contributed by atoms with Gasteiger partial charge in [0.05, 0.1) is 18.6 Å². The number of nitrogens with zero attached hydrogens (tertiary/aromatic N) is 3. The first-order chi connectivity index (χ1) is 9.33. The van der Waals surface area contributed by atoms with Crippen molar-refractivity contribution in [2.24, 2.45) is 0 Å². The Morgan fingerprint density at radius 3 is 3.11 bits per heavy atom. The number of hydrogen-bond acceptors (Lipinski definition) is 3. The SMILES string of the molecule is Cc1ccc2c(c1)OCCN2CCCn1ccnc1. The minimum absolute atomic E-state index is 0.779. The minimum Gasteiger partial charge on any atom is -0.490 e. The van der Waals surface area contributed by atoms with Gasteiger partial charge in [0, 0.05) is 25.5 Å². The van der Waals surface area contributed by atoms with Crippen LogP contribution >= 0.6 is 0 Å². The number of imidazole rings is 1. The molecule has 0 radical (unpaired) electrons. The first kappa shape index (κ1) is 12.1. The van der Waals surface area contributed by atoms with E-state index in [9.17, 15) is 0 Å². The van der Waals surface area contributed by atoms with Crippen LogP contribution < -0.4 is 9.64 Å². The van der Waals surface area contributed by atoms with E-state index in [1.54, 1.807) is 0 Å². The fraction of sp³-hybridized carbons (Fsp3) is 0.400. The average Bonchev–Trinajstić information content (AvgIpc) is 2.92. The molecule has 1 aliphatic rings. The highest BCUT2D eigenvalue weighted by Gasteiger charge is 2.17. The second kappa shape index (κ2) is 5.34. The third kappa shape index (κ3) is 2.72. The number of aryl methyl sites for hydroxylation is 2. The molecule has 0 fully saturated rings. The van der Waals surface area contributed by atoms with Crippen LogP contribution in [0.25, 0.3) is 0 Å². The van der Waals surface area contributed by atoms with Crippen LogP contribution in [0.3, 0.4) is 0 Å². The Kier molecular flexibility index (Phi) is 3.40. The van der Waals surface area contributed by atoms with Gasteiger partial charge in [-0.15, -0.1) is 0 Å². The van der Waals surface area contributed by atoms with Crippen molar-refractivity contribution in [3.63, 3.8) is 0 Å². The quantitative estimate of drug-likeness (QED) is 0.843. The fourth-order valence-corrected chi connectivity index (χ4v) is 2.48. The second-order valence-corrected chi connectivity index (χ2v) is 4.96. The van der Waals surface area contributed by atoms with Crippen molar-refractivity contribution in [3.05, 3.63) is 42.5 Å². The van der Waals surface area contributed by atoms with Gasteiger partial charge in [0.2, 0.25) is 0 Å². The molecular weight excluding hydrogens is 238 g/mol. The molecule has 0 saturated heterocycles. The van der Waals surface area contributed by atoms with Gasteiger partial charge in [-0.2, -0.15) is 0 Å². The predicted octanol–water partition coefficient (Wildman–Crippen LogP) is 2.48. The maximum Gasteiger partial charge on any atom is 0.142 e. The van der Waals surface area contributed by atoms with Crippen LogP contribution in [0.1, 0.15) is 12.0 Å². The molecule has 100 valence electrons. The molecule has 2 heterocycles. The molecule has 1 aliphatic heterocycles. The number of fused-ring (bicyclic) bond motifs is 1. The molecule has 4 heteroatoms. The van der Waals surface area contributed by atoms with Crippen molar-refractivity contribution in [2.45, 2.75) is 19.9 Å². The van der Waals surface area contributed by atoms with Crippen molar-refractivity contribution < 1.29 is 4.74 Å². The number of hydrogen-bond donors (Lipinski definition) is 0. The first-order valence-corrected chi connectivity index (χ1v) is 6.77. The standard InChI is InChI=1S/C15H19N3O/c1-13-3-4-14-15(11-13)19-10-9-18(14)7-2-6-17-8-5-16-12-17/h3-5,8,11-12H,2,6-7,9-10H2,1H3. The molecule has 2 aromatic rings. The summed E-state index contributed by atoms with van der Waals surface area (Å²) in [6, 6.07) is 6.44. The normalized spacial score (nSPS) is 14.1. The molecule has 4 nitrogen and oxygen atoms in total. The highest BCUT2D eigenvalue weighted by molar-refractivity contribution is 5.60. The van der Waals surface area contributed by atoms with E-state index in [2.05, 4.69) is 39.6 Å². The molecule has 0 amide bonds. The van der Waals surface area contributed by atoms with Crippen LogP contribution in [0.5, 0.6) is 5.75 Å². The third-order valence-corrected chi connectivity index (χ3v) is 3.48. The third-order valence-electron chi connectivity index (χ3n) is 3.48. The summed E-state index contributed by atoms with van der Waals surface area (Å²) in [4.78, 5) is 6.47. The zero-order valence-electron chi connectivity index (χ0n) is 11.2. The highest BCUT2D eigenvalue weighted by atomic mass is 16.5. The lowest BCUT2D eigenvalue weighted by atomic mass is 10.1. The van der Waals surface area contributed by atoms with Gasteiger partial charge in [-0.3, -0.25) is 0 Å². The Hall–Kier alpha value is -1.97. The summed E-state index contributed by atoms with van der Waals surface area (Å²) >= 11 is 0. The number of aromatic nitrogens is 2. The summed E-state index contributed by atoms with van der Waals surface area (Å²) < 4.78 is 7.85.